The molecule has 2 aromatic rings. The van der Waals surface area contributed by atoms with Crippen molar-refractivity contribution in [2.75, 3.05) is 36.1 Å². The molecule has 0 bridgehead atoms. The fraction of sp³-hybridized carbons (Fsp3) is 0.368. The van der Waals surface area contributed by atoms with Crippen LogP contribution in [-0.2, 0) is 30.8 Å². The third kappa shape index (κ3) is 4.96. The molecule has 1 aliphatic rings. The molecule has 1 atom stereocenters. The molecule has 1 unspecified atom stereocenters. The largest absolute Gasteiger partial charge is 0.467 e. The summed E-state index contributed by atoms with van der Waals surface area (Å²) in [5, 5.41) is 5.00. The molecule has 1 aromatic carbocycles. The summed E-state index contributed by atoms with van der Waals surface area (Å²) in [6, 6.07) is 8.39. The fourth-order valence-electron chi connectivity index (χ4n) is 3.19. The van der Waals surface area contributed by atoms with Gasteiger partial charge >= 0.3 is 11.8 Å². The molecule has 0 saturated carbocycles. The Hall–Kier alpha value is -2.85. The first-order chi connectivity index (χ1) is 13.8. The van der Waals surface area contributed by atoms with Crippen LogP contribution in [0.2, 0.25) is 0 Å². The van der Waals surface area contributed by atoms with E-state index in [0.29, 0.717) is 23.7 Å². The van der Waals surface area contributed by atoms with Gasteiger partial charge in [-0.1, -0.05) is 6.07 Å². The molecule has 2 N–H and O–H groups in total. The van der Waals surface area contributed by atoms with Crippen molar-refractivity contribution in [3.05, 3.63) is 47.9 Å². The maximum atomic E-state index is 12.2. The molecule has 1 aromatic heterocycles. The lowest BCUT2D eigenvalue weighted by atomic mass is 10.0. The Morgan fingerprint density at radius 1 is 1.28 bits per heavy atom. The number of fused-ring (bicyclic) bond motifs is 1. The van der Waals surface area contributed by atoms with Crippen LogP contribution < -0.4 is 14.9 Å². The molecule has 2 heterocycles. The Bertz CT molecular complexity index is 987. The van der Waals surface area contributed by atoms with E-state index in [2.05, 4.69) is 10.6 Å². The quantitative estimate of drug-likeness (QED) is 0.682. The van der Waals surface area contributed by atoms with E-state index in [4.69, 9.17) is 9.15 Å². The maximum Gasteiger partial charge on any atom is 0.313 e. The molecular weight excluding hydrogens is 398 g/mol. The number of carbonyl (C=O) groups excluding carboxylic acids is 2. The number of hydrogen-bond acceptors (Lipinski definition) is 6. The first-order valence-corrected chi connectivity index (χ1v) is 10.9. The molecule has 0 spiro atoms. The lowest BCUT2D eigenvalue weighted by molar-refractivity contribution is -0.136. The summed E-state index contributed by atoms with van der Waals surface area (Å²) in [6.45, 7) is 0.442. The molecule has 0 fully saturated rings. The number of anilines is 2. The minimum atomic E-state index is -3.42. The van der Waals surface area contributed by atoms with Crippen molar-refractivity contribution in [1.82, 2.24) is 5.32 Å². The second kappa shape index (κ2) is 8.66. The number of amides is 2. The average molecular weight is 421 g/mol. The van der Waals surface area contributed by atoms with Gasteiger partial charge in [-0.05, 0) is 42.7 Å². The number of hydrogen-bond donors (Lipinski definition) is 2. The van der Waals surface area contributed by atoms with Gasteiger partial charge in [0.25, 0.3) is 0 Å². The molecule has 0 radical (unpaired) electrons. The molecule has 29 heavy (non-hydrogen) atoms. The lowest BCUT2D eigenvalue weighted by Crippen LogP contribution is -2.38. The number of benzene rings is 1. The molecule has 2 amide bonds. The van der Waals surface area contributed by atoms with Gasteiger partial charge in [0.1, 0.15) is 11.9 Å². The molecule has 0 aliphatic carbocycles. The van der Waals surface area contributed by atoms with Crippen molar-refractivity contribution >= 4 is 33.2 Å². The normalized spacial score (nSPS) is 14.8. The van der Waals surface area contributed by atoms with Crippen LogP contribution in [0.25, 0.3) is 0 Å². The van der Waals surface area contributed by atoms with E-state index >= 15 is 0 Å². The highest BCUT2D eigenvalue weighted by Gasteiger charge is 2.25. The molecule has 1 aliphatic heterocycles. The van der Waals surface area contributed by atoms with Crippen molar-refractivity contribution in [2.45, 2.75) is 18.9 Å². The van der Waals surface area contributed by atoms with Gasteiger partial charge < -0.3 is 19.8 Å². The van der Waals surface area contributed by atoms with Crippen molar-refractivity contribution in [2.24, 2.45) is 0 Å². The molecule has 9 nitrogen and oxygen atoms in total. The monoisotopic (exact) mass is 421 g/mol. The second-order valence-electron chi connectivity index (χ2n) is 6.69. The highest BCUT2D eigenvalue weighted by molar-refractivity contribution is 7.92. The van der Waals surface area contributed by atoms with Crippen LogP contribution in [0.5, 0.6) is 0 Å². The third-order valence-corrected chi connectivity index (χ3v) is 5.80. The smallest absolute Gasteiger partial charge is 0.313 e. The van der Waals surface area contributed by atoms with Crippen LogP contribution in [0.4, 0.5) is 11.4 Å². The Morgan fingerprint density at radius 2 is 2.07 bits per heavy atom. The highest BCUT2D eigenvalue weighted by Crippen LogP contribution is 2.31. The summed E-state index contributed by atoms with van der Waals surface area (Å²) < 4.78 is 35.8. The Labute approximate surface area is 169 Å². The van der Waals surface area contributed by atoms with Crippen molar-refractivity contribution in [3.63, 3.8) is 0 Å². The number of sulfonamides is 1. The molecule has 10 heteroatoms. The topological polar surface area (TPSA) is 118 Å². The predicted molar refractivity (Wildman–Crippen MR) is 107 cm³/mol. The first-order valence-electron chi connectivity index (χ1n) is 9.05. The number of furan rings is 1. The van der Waals surface area contributed by atoms with Crippen LogP contribution in [0.1, 0.15) is 23.8 Å². The minimum Gasteiger partial charge on any atom is -0.467 e. The number of ether oxygens (including phenoxy) is 1. The van der Waals surface area contributed by atoms with Crippen LogP contribution >= 0.6 is 0 Å². The number of nitrogens with one attached hydrogen (secondary N) is 2. The summed E-state index contributed by atoms with van der Waals surface area (Å²) in [7, 11) is -1.95. The van der Waals surface area contributed by atoms with Gasteiger partial charge in [-0.3, -0.25) is 13.9 Å². The number of rotatable bonds is 6. The lowest BCUT2D eigenvalue weighted by Gasteiger charge is -2.29. The van der Waals surface area contributed by atoms with Gasteiger partial charge in [0.15, 0.2) is 0 Å². The third-order valence-electron chi connectivity index (χ3n) is 4.62. The van der Waals surface area contributed by atoms with Gasteiger partial charge in [-0.15, -0.1) is 0 Å². The number of aryl methyl sites for hydroxylation is 1. The van der Waals surface area contributed by atoms with Crippen molar-refractivity contribution in [3.8, 4) is 0 Å². The van der Waals surface area contributed by atoms with Crippen LogP contribution in [0, 0.1) is 0 Å². The number of nitrogens with zero attached hydrogens (tertiary/aromatic N) is 1. The van der Waals surface area contributed by atoms with E-state index < -0.39 is 27.9 Å². The van der Waals surface area contributed by atoms with E-state index in [0.717, 1.165) is 24.7 Å². The molecule has 156 valence electrons. The zero-order chi connectivity index (χ0) is 21.0. The van der Waals surface area contributed by atoms with Gasteiger partial charge in [0.2, 0.25) is 10.0 Å². The van der Waals surface area contributed by atoms with Gasteiger partial charge in [0.05, 0.1) is 24.8 Å². The van der Waals surface area contributed by atoms with E-state index in [1.54, 1.807) is 30.3 Å². The van der Waals surface area contributed by atoms with E-state index in [-0.39, 0.29) is 6.54 Å². The Balaban J connectivity index is 1.65. The maximum absolute atomic E-state index is 12.2. The summed E-state index contributed by atoms with van der Waals surface area (Å²) >= 11 is 0. The first kappa shape index (κ1) is 20.9. The van der Waals surface area contributed by atoms with Crippen LogP contribution in [-0.4, -0.2) is 46.7 Å². The predicted octanol–water partition coefficient (Wildman–Crippen LogP) is 1.43. The summed E-state index contributed by atoms with van der Waals surface area (Å²) in [4.78, 5) is 24.4. The van der Waals surface area contributed by atoms with Crippen molar-refractivity contribution < 1.29 is 27.2 Å². The van der Waals surface area contributed by atoms with Gasteiger partial charge in [0, 0.05) is 19.3 Å². The second-order valence-corrected chi connectivity index (χ2v) is 8.59. The fourth-order valence-corrected chi connectivity index (χ4v) is 4.18. The molecular formula is C19H23N3O6S. The van der Waals surface area contributed by atoms with Gasteiger partial charge in [-0.25, -0.2) is 8.42 Å². The van der Waals surface area contributed by atoms with E-state index in [1.807, 2.05) is 0 Å². The summed E-state index contributed by atoms with van der Waals surface area (Å²) in [5.74, 6) is -1.17. The standard InChI is InChI=1S/C19H23N3O6S/c1-27-17(16-6-4-10-28-16)12-20-18(23)19(24)21-14-8-7-13-5-3-9-22(15(13)11-14)29(2,25)26/h4,6-8,10-11,17H,3,5,9,12H2,1-2H3,(H,20,23)(H,21,24). The van der Waals surface area contributed by atoms with E-state index in [1.165, 1.54) is 17.7 Å². The zero-order valence-electron chi connectivity index (χ0n) is 16.2. The van der Waals surface area contributed by atoms with Crippen molar-refractivity contribution in [1.29, 1.82) is 0 Å². The van der Waals surface area contributed by atoms with Gasteiger partial charge in [-0.2, -0.15) is 0 Å². The Kier molecular flexibility index (Phi) is 6.23. The number of carbonyl (C=O) groups is 2. The average Bonchev–Trinajstić information content (AvgIpc) is 3.21. The Morgan fingerprint density at radius 3 is 2.72 bits per heavy atom. The zero-order valence-corrected chi connectivity index (χ0v) is 17.0. The van der Waals surface area contributed by atoms with Crippen LogP contribution in [0.15, 0.2) is 41.0 Å². The highest BCUT2D eigenvalue weighted by atomic mass is 32.2. The molecule has 0 saturated heterocycles. The summed E-state index contributed by atoms with van der Waals surface area (Å²) in [5.41, 5.74) is 1.74. The number of methoxy groups -OCH3 is 1. The van der Waals surface area contributed by atoms with E-state index in [9.17, 15) is 18.0 Å². The summed E-state index contributed by atoms with van der Waals surface area (Å²) in [6.07, 6.45) is 3.60. The SMILES string of the molecule is COC(CNC(=O)C(=O)Nc1ccc2c(c1)N(S(C)(=O)=O)CCC2)c1ccco1. The van der Waals surface area contributed by atoms with Crippen LogP contribution in [0.3, 0.4) is 0 Å². The molecule has 3 rings (SSSR count). The minimum absolute atomic E-state index is 0.0578.